The third-order valence-electron chi connectivity index (χ3n) is 8.74. The van der Waals surface area contributed by atoms with Gasteiger partial charge in [0.15, 0.2) is 0 Å². The van der Waals surface area contributed by atoms with E-state index in [1.54, 1.807) is 4.90 Å². The lowest BCUT2D eigenvalue weighted by molar-refractivity contribution is -0.150. The van der Waals surface area contributed by atoms with Gasteiger partial charge in [0.1, 0.15) is 11.6 Å². The predicted molar refractivity (Wildman–Crippen MR) is 137 cm³/mol. The molecule has 2 bridgehead atoms. The van der Waals surface area contributed by atoms with Gasteiger partial charge in [-0.1, -0.05) is 51.8 Å². The molecule has 3 aliphatic rings. The Bertz CT molecular complexity index is 987. The maximum atomic E-state index is 14.2. The second-order valence-electron chi connectivity index (χ2n) is 11.2. The average molecular weight is 500 g/mol. The molecule has 8 nitrogen and oxygen atoms in total. The van der Waals surface area contributed by atoms with Crippen LogP contribution in [-0.4, -0.2) is 63.7 Å². The van der Waals surface area contributed by atoms with Crippen LogP contribution in [0.2, 0.25) is 0 Å². The van der Waals surface area contributed by atoms with Gasteiger partial charge in [-0.3, -0.25) is 14.4 Å². The Hall–Kier alpha value is -2.45. The van der Waals surface area contributed by atoms with E-state index in [-0.39, 0.29) is 36.3 Å². The molecule has 3 N–H and O–H groups in total. The quantitative estimate of drug-likeness (QED) is 0.459. The molecule has 8 atom stereocenters. The molecule has 3 amide bonds. The zero-order chi connectivity index (χ0) is 26.3. The van der Waals surface area contributed by atoms with Gasteiger partial charge in [0.25, 0.3) is 0 Å². The van der Waals surface area contributed by atoms with Crippen LogP contribution in [0.1, 0.15) is 66.7 Å². The van der Waals surface area contributed by atoms with E-state index < -0.39 is 35.1 Å². The zero-order valence-electron chi connectivity index (χ0n) is 22.1. The number of ether oxygens (including phenoxy) is 1. The third kappa shape index (κ3) is 4.22. The largest absolute Gasteiger partial charge is 0.394 e. The minimum atomic E-state index is -1.10. The number of anilines is 1. The van der Waals surface area contributed by atoms with Crippen LogP contribution in [0.3, 0.4) is 0 Å². The lowest BCUT2D eigenvalue weighted by Gasteiger charge is -2.39. The number of benzene rings is 1. The van der Waals surface area contributed by atoms with Crippen LogP contribution < -0.4 is 10.6 Å². The molecule has 1 aromatic rings. The summed E-state index contributed by atoms with van der Waals surface area (Å²) in [6.07, 6.45) is 3.58. The van der Waals surface area contributed by atoms with Gasteiger partial charge >= 0.3 is 0 Å². The Morgan fingerprint density at radius 3 is 2.47 bits per heavy atom. The monoisotopic (exact) mass is 499 g/mol. The molecule has 3 fully saturated rings. The Morgan fingerprint density at radius 1 is 1.17 bits per heavy atom. The Labute approximate surface area is 214 Å². The molecular formula is C28H41N3O5. The first kappa shape index (κ1) is 26.6. The summed E-state index contributed by atoms with van der Waals surface area (Å²) >= 11 is 0. The molecule has 198 valence electrons. The number of nitrogens with one attached hydrogen (secondary N) is 2. The number of amides is 3. The van der Waals surface area contributed by atoms with E-state index in [0.29, 0.717) is 18.5 Å². The van der Waals surface area contributed by atoms with E-state index in [1.165, 1.54) is 0 Å². The van der Waals surface area contributed by atoms with E-state index in [1.807, 2.05) is 58.0 Å². The van der Waals surface area contributed by atoms with Crippen LogP contribution in [0.15, 0.2) is 30.3 Å². The molecule has 3 aliphatic heterocycles. The molecule has 36 heavy (non-hydrogen) atoms. The first-order chi connectivity index (χ1) is 17.1. The summed E-state index contributed by atoms with van der Waals surface area (Å²) in [5.74, 6) is -2.34. The molecule has 0 radical (unpaired) electrons. The van der Waals surface area contributed by atoms with E-state index in [0.717, 1.165) is 19.3 Å². The van der Waals surface area contributed by atoms with Gasteiger partial charge in [-0.2, -0.15) is 0 Å². The Morgan fingerprint density at radius 2 is 1.86 bits per heavy atom. The first-order valence-corrected chi connectivity index (χ1v) is 13.4. The van der Waals surface area contributed by atoms with Crippen LogP contribution in [0, 0.1) is 17.8 Å². The van der Waals surface area contributed by atoms with E-state index in [4.69, 9.17) is 4.74 Å². The average Bonchev–Trinajstić information content (AvgIpc) is 3.41. The van der Waals surface area contributed by atoms with Crippen molar-refractivity contribution in [3.8, 4) is 0 Å². The second kappa shape index (κ2) is 10.1. The highest BCUT2D eigenvalue weighted by Gasteiger charge is 2.78. The maximum Gasteiger partial charge on any atom is 0.246 e. The third-order valence-corrected chi connectivity index (χ3v) is 8.74. The number of likely N-dealkylation sites (tertiary alicyclic amines) is 1. The van der Waals surface area contributed by atoms with Crippen molar-refractivity contribution >= 4 is 23.4 Å². The maximum absolute atomic E-state index is 14.2. The van der Waals surface area contributed by atoms with E-state index >= 15 is 0 Å². The molecule has 3 heterocycles. The number of aliphatic hydroxyl groups is 1. The van der Waals surface area contributed by atoms with E-state index in [9.17, 15) is 19.5 Å². The van der Waals surface area contributed by atoms with Gasteiger partial charge in [0.05, 0.1) is 30.1 Å². The summed E-state index contributed by atoms with van der Waals surface area (Å²) in [6.45, 7) is 9.64. The smallest absolute Gasteiger partial charge is 0.246 e. The summed E-state index contributed by atoms with van der Waals surface area (Å²) in [4.78, 5) is 43.3. The fourth-order valence-electron chi connectivity index (χ4n) is 6.80. The van der Waals surface area contributed by atoms with Crippen LogP contribution in [0.5, 0.6) is 0 Å². The van der Waals surface area contributed by atoms with Crippen molar-refractivity contribution in [2.24, 2.45) is 17.8 Å². The summed E-state index contributed by atoms with van der Waals surface area (Å²) in [6, 6.07) is 7.69. The topological polar surface area (TPSA) is 108 Å². The minimum Gasteiger partial charge on any atom is -0.394 e. The molecule has 3 unspecified atom stereocenters. The van der Waals surface area contributed by atoms with E-state index in [2.05, 4.69) is 17.6 Å². The van der Waals surface area contributed by atoms with Gasteiger partial charge in [-0.15, -0.1) is 0 Å². The summed E-state index contributed by atoms with van der Waals surface area (Å²) in [5.41, 5.74) is -1.29. The SMILES string of the molecule is CCCC(C)NC(=O)C1N([C@@H](CO)[C@@H](C)CC)C(=O)[C@@H]2[C@@H](C(=O)Nc3ccccc3)[C@@]3(C)CCC12O3. The summed E-state index contributed by atoms with van der Waals surface area (Å²) in [5, 5.41) is 16.4. The number of para-hydroxylation sites is 1. The first-order valence-electron chi connectivity index (χ1n) is 13.4. The van der Waals surface area contributed by atoms with Crippen molar-refractivity contribution in [3.05, 3.63) is 30.3 Å². The van der Waals surface area contributed by atoms with Gasteiger partial charge in [-0.25, -0.2) is 0 Å². The standard InChI is InChI=1S/C28H41N3O5/c1-6-11-18(4)29-25(34)23-28-15-14-27(5,36-28)21(24(33)30-19-12-9-8-10-13-19)22(28)26(35)31(23)20(16-32)17(3)7-2/h8-10,12-13,17-18,20-23,32H,6-7,11,14-16H2,1-5H3,(H,29,34)(H,30,33)/t17-,18?,20-,21-,22-,23?,27+,28?/m0/s1. The van der Waals surface area contributed by atoms with Crippen molar-refractivity contribution in [2.75, 3.05) is 11.9 Å². The highest BCUT2D eigenvalue weighted by atomic mass is 16.5. The fraction of sp³-hybridized carbons (Fsp3) is 0.679. The van der Waals surface area contributed by atoms with Gasteiger partial charge in [-0.05, 0) is 51.2 Å². The van der Waals surface area contributed by atoms with Gasteiger partial charge < -0.3 is 25.4 Å². The highest BCUT2D eigenvalue weighted by Crippen LogP contribution is 2.63. The predicted octanol–water partition coefficient (Wildman–Crippen LogP) is 3.10. The number of nitrogens with zero attached hydrogens (tertiary/aromatic N) is 1. The number of hydrogen-bond donors (Lipinski definition) is 3. The van der Waals surface area contributed by atoms with Crippen LogP contribution >= 0.6 is 0 Å². The fourth-order valence-corrected chi connectivity index (χ4v) is 6.80. The van der Waals surface area contributed by atoms with Crippen molar-refractivity contribution in [3.63, 3.8) is 0 Å². The molecule has 3 saturated heterocycles. The normalized spacial score (nSPS) is 33.2. The molecule has 8 heteroatoms. The zero-order valence-corrected chi connectivity index (χ0v) is 22.1. The molecule has 4 rings (SSSR count). The lowest BCUT2D eigenvalue weighted by Crippen LogP contribution is -2.60. The molecule has 1 spiro atoms. The number of hydrogen-bond acceptors (Lipinski definition) is 5. The number of fused-ring (bicyclic) bond motifs is 1. The molecular weight excluding hydrogens is 458 g/mol. The molecule has 0 saturated carbocycles. The van der Waals surface area contributed by atoms with Crippen molar-refractivity contribution in [1.29, 1.82) is 0 Å². The number of carbonyl (C=O) groups is 3. The summed E-state index contributed by atoms with van der Waals surface area (Å²) in [7, 11) is 0. The van der Waals surface area contributed by atoms with Crippen molar-refractivity contribution in [1.82, 2.24) is 10.2 Å². The van der Waals surface area contributed by atoms with Gasteiger partial charge in [0.2, 0.25) is 17.7 Å². The minimum absolute atomic E-state index is 0.0260. The van der Waals surface area contributed by atoms with Gasteiger partial charge in [0, 0.05) is 11.7 Å². The highest BCUT2D eigenvalue weighted by molar-refractivity contribution is 6.02. The molecule has 0 aromatic heterocycles. The molecule has 0 aliphatic carbocycles. The Balaban J connectivity index is 1.75. The molecule has 1 aromatic carbocycles. The number of carbonyl (C=O) groups excluding carboxylic acids is 3. The van der Waals surface area contributed by atoms with Crippen LogP contribution in [0.25, 0.3) is 0 Å². The Kier molecular flexibility index (Phi) is 7.49. The lowest BCUT2D eigenvalue weighted by atomic mass is 9.66. The van der Waals surface area contributed by atoms with Crippen LogP contribution in [-0.2, 0) is 19.1 Å². The number of rotatable bonds is 10. The van der Waals surface area contributed by atoms with Crippen LogP contribution in [0.4, 0.5) is 5.69 Å². The summed E-state index contributed by atoms with van der Waals surface area (Å²) < 4.78 is 6.66. The van der Waals surface area contributed by atoms with Crippen molar-refractivity contribution in [2.45, 2.75) is 96.1 Å². The number of aliphatic hydroxyl groups excluding tert-OH is 1. The van der Waals surface area contributed by atoms with Crippen molar-refractivity contribution < 1.29 is 24.2 Å². The second-order valence-corrected chi connectivity index (χ2v) is 11.2.